The van der Waals surface area contributed by atoms with Crippen molar-refractivity contribution in [1.82, 2.24) is 4.90 Å². The number of benzene rings is 1. The molecular weight excluding hydrogens is 630 g/mol. The Labute approximate surface area is 268 Å². The van der Waals surface area contributed by atoms with Crippen LogP contribution in [0.1, 0.15) is 41.5 Å². The van der Waals surface area contributed by atoms with Crippen molar-refractivity contribution in [3.8, 4) is 0 Å². The Kier molecular flexibility index (Phi) is 11.4. The number of methoxy groups -OCH3 is 1. The van der Waals surface area contributed by atoms with E-state index in [1.807, 2.05) is 0 Å². The lowest BCUT2D eigenvalue weighted by atomic mass is 9.94. The minimum atomic E-state index is -1.94. The summed E-state index contributed by atoms with van der Waals surface area (Å²) in [6.45, 7) is 5.62. The van der Waals surface area contributed by atoms with Crippen LogP contribution in [0.25, 0.3) is 0 Å². The molecule has 0 radical (unpaired) electrons. The summed E-state index contributed by atoms with van der Waals surface area (Å²) in [5.41, 5.74) is 0.0724. The third kappa shape index (κ3) is 7.34. The van der Waals surface area contributed by atoms with Crippen molar-refractivity contribution in [3.63, 3.8) is 0 Å². The van der Waals surface area contributed by atoms with Gasteiger partial charge in [0, 0.05) is 20.8 Å². The molecule has 0 aliphatic carbocycles. The zero-order valence-corrected chi connectivity index (χ0v) is 25.8. The van der Waals surface area contributed by atoms with Crippen LogP contribution in [0.5, 0.6) is 0 Å². The lowest BCUT2D eigenvalue weighted by molar-refractivity contribution is -0.345. The number of fused-ring (bicyclic) bond motifs is 1. The molecule has 47 heavy (non-hydrogen) atoms. The van der Waals surface area contributed by atoms with Gasteiger partial charge in [-0.3, -0.25) is 28.9 Å². The second kappa shape index (κ2) is 15.1. The highest BCUT2D eigenvalue weighted by molar-refractivity contribution is 6.21. The summed E-state index contributed by atoms with van der Waals surface area (Å²) < 4.78 is 44.4. The molecule has 0 aromatic heterocycles. The molecule has 0 unspecified atom stereocenters. The number of carbonyl (C=O) groups excluding carboxylic acids is 6. The van der Waals surface area contributed by atoms with Crippen molar-refractivity contribution in [2.45, 2.75) is 82.1 Å². The van der Waals surface area contributed by atoms with Gasteiger partial charge >= 0.3 is 23.9 Å². The fourth-order valence-electron chi connectivity index (χ4n) is 5.61. The number of hydrogen-bond acceptors (Lipinski definition) is 16. The number of esters is 4. The van der Waals surface area contributed by atoms with E-state index in [1.165, 1.54) is 18.2 Å². The SMILES string of the molecule is C=CCO[C@@H]1O[C@H](CO)[C@@H](O)[C@H](O[C@@H]2O[C@H](C(=O)OC)[C@@H](OC(C)=O)[C@H](OC(C)=O)[C@H]2OC(C)=O)[C@H]1N1C(=O)c2ccccc2C1=O. The van der Waals surface area contributed by atoms with Gasteiger partial charge in [0.1, 0.15) is 24.4 Å². The summed E-state index contributed by atoms with van der Waals surface area (Å²) in [6.07, 6.45) is -14.2. The fraction of sp³-hybridized carbons (Fsp3) is 0.533. The molecule has 0 spiro atoms. The monoisotopic (exact) mass is 665 g/mol. The first-order chi connectivity index (χ1) is 22.3. The lowest BCUT2D eigenvalue weighted by Gasteiger charge is -2.49. The molecule has 0 bridgehead atoms. The molecule has 1 aromatic carbocycles. The zero-order valence-electron chi connectivity index (χ0n) is 25.8. The molecule has 2 amide bonds. The van der Waals surface area contributed by atoms with E-state index in [0.29, 0.717) is 0 Å². The molecule has 0 saturated carbocycles. The van der Waals surface area contributed by atoms with Crippen molar-refractivity contribution < 1.29 is 76.9 Å². The highest BCUT2D eigenvalue weighted by Gasteiger charge is 2.59. The van der Waals surface area contributed by atoms with Gasteiger partial charge in [-0.2, -0.15) is 0 Å². The van der Waals surface area contributed by atoms with Crippen LogP contribution in [0.15, 0.2) is 36.9 Å². The largest absolute Gasteiger partial charge is 0.467 e. The second-order valence-corrected chi connectivity index (χ2v) is 10.6. The van der Waals surface area contributed by atoms with E-state index < -0.39 is 104 Å². The minimum Gasteiger partial charge on any atom is -0.467 e. The van der Waals surface area contributed by atoms with E-state index in [4.69, 9.17) is 37.9 Å². The summed E-state index contributed by atoms with van der Waals surface area (Å²) >= 11 is 0. The Balaban J connectivity index is 1.84. The second-order valence-electron chi connectivity index (χ2n) is 10.6. The topological polar surface area (TPSA) is 220 Å². The van der Waals surface area contributed by atoms with Crippen LogP contribution in [0.2, 0.25) is 0 Å². The Morgan fingerprint density at radius 3 is 1.94 bits per heavy atom. The molecule has 3 heterocycles. The molecule has 3 aliphatic heterocycles. The maximum atomic E-state index is 13.6. The number of rotatable bonds is 11. The van der Waals surface area contributed by atoms with E-state index in [1.54, 1.807) is 12.1 Å². The summed E-state index contributed by atoms with van der Waals surface area (Å²) in [4.78, 5) is 77.5. The smallest absolute Gasteiger partial charge is 0.339 e. The standard InChI is InChI=1S/C30H35NO16/c1-6-11-41-29-19(31-26(37)16-9-7-8-10-17(16)27(31)38)21(20(36)18(12-32)45-29)46-30-25(44-15(4)35)23(43-14(3)34)22(42-13(2)33)24(47-30)28(39)40-5/h6-10,18-25,29-30,32,36H,1,11-12H2,2-5H3/t18-,19-,20-,21-,22+,23+,24+,25-,29-,30-/m1/s1. The number of aliphatic hydroxyl groups excluding tert-OH is 2. The lowest BCUT2D eigenvalue weighted by Crippen LogP contribution is -2.69. The number of hydrogen-bond donors (Lipinski definition) is 2. The number of aliphatic hydroxyl groups is 2. The number of carbonyl (C=O) groups is 6. The summed E-state index contributed by atoms with van der Waals surface area (Å²) in [5, 5.41) is 21.5. The number of imide groups is 1. The summed E-state index contributed by atoms with van der Waals surface area (Å²) in [5.74, 6) is -5.53. The van der Waals surface area contributed by atoms with Crippen LogP contribution < -0.4 is 0 Å². The van der Waals surface area contributed by atoms with E-state index >= 15 is 0 Å². The van der Waals surface area contributed by atoms with Crippen LogP contribution in [0, 0.1) is 0 Å². The molecule has 10 atom stereocenters. The van der Waals surface area contributed by atoms with Gasteiger partial charge in [0.05, 0.1) is 31.5 Å². The molecule has 2 saturated heterocycles. The van der Waals surface area contributed by atoms with Crippen LogP contribution in [0.4, 0.5) is 0 Å². The van der Waals surface area contributed by atoms with E-state index in [9.17, 15) is 39.0 Å². The number of amides is 2. The van der Waals surface area contributed by atoms with Gasteiger partial charge in [0.15, 0.2) is 37.0 Å². The first-order valence-corrected chi connectivity index (χ1v) is 14.4. The predicted molar refractivity (Wildman–Crippen MR) is 151 cm³/mol. The average Bonchev–Trinajstić information content (AvgIpc) is 3.27. The van der Waals surface area contributed by atoms with Gasteiger partial charge in [0.25, 0.3) is 11.8 Å². The Hall–Kier alpha value is -4.26. The normalized spacial score (nSPS) is 31.8. The molecule has 2 fully saturated rings. The zero-order chi connectivity index (χ0) is 34.6. The summed E-state index contributed by atoms with van der Waals surface area (Å²) in [7, 11) is 0.999. The molecule has 3 aliphatic rings. The maximum Gasteiger partial charge on any atom is 0.339 e. The van der Waals surface area contributed by atoms with Gasteiger partial charge in [-0.05, 0) is 12.1 Å². The molecule has 256 valence electrons. The van der Waals surface area contributed by atoms with E-state index in [0.717, 1.165) is 32.8 Å². The maximum absolute atomic E-state index is 13.6. The van der Waals surface area contributed by atoms with Gasteiger partial charge in [-0.25, -0.2) is 4.79 Å². The molecule has 2 N–H and O–H groups in total. The third-order valence-corrected chi connectivity index (χ3v) is 7.45. The van der Waals surface area contributed by atoms with Crippen molar-refractivity contribution in [3.05, 3.63) is 48.0 Å². The molecule has 4 rings (SSSR count). The Morgan fingerprint density at radius 1 is 0.872 bits per heavy atom. The summed E-state index contributed by atoms with van der Waals surface area (Å²) in [6, 6.07) is 4.33. The van der Waals surface area contributed by atoms with Crippen molar-refractivity contribution >= 4 is 35.7 Å². The van der Waals surface area contributed by atoms with Crippen molar-refractivity contribution in [2.75, 3.05) is 20.3 Å². The third-order valence-electron chi connectivity index (χ3n) is 7.45. The highest BCUT2D eigenvalue weighted by atomic mass is 16.8. The number of ether oxygens (including phenoxy) is 8. The quantitative estimate of drug-likeness (QED) is 0.125. The molecular formula is C30H35NO16. The van der Waals surface area contributed by atoms with Crippen molar-refractivity contribution in [1.29, 1.82) is 0 Å². The van der Waals surface area contributed by atoms with Crippen LogP contribution in [-0.4, -0.2) is 132 Å². The van der Waals surface area contributed by atoms with E-state index in [-0.39, 0.29) is 17.7 Å². The van der Waals surface area contributed by atoms with Crippen LogP contribution in [-0.2, 0) is 57.1 Å². The van der Waals surface area contributed by atoms with Crippen LogP contribution in [0.3, 0.4) is 0 Å². The van der Waals surface area contributed by atoms with Gasteiger partial charge in [-0.15, -0.1) is 6.58 Å². The highest BCUT2D eigenvalue weighted by Crippen LogP contribution is 2.37. The predicted octanol–water partition coefficient (Wildman–Crippen LogP) is -0.990. The molecule has 17 heteroatoms. The van der Waals surface area contributed by atoms with E-state index in [2.05, 4.69) is 6.58 Å². The first-order valence-electron chi connectivity index (χ1n) is 14.4. The Bertz CT molecular complexity index is 1360. The number of nitrogens with zero attached hydrogens (tertiary/aromatic N) is 1. The van der Waals surface area contributed by atoms with Crippen molar-refractivity contribution in [2.24, 2.45) is 0 Å². The molecule has 1 aromatic rings. The van der Waals surface area contributed by atoms with Gasteiger partial charge in [0.2, 0.25) is 0 Å². The van der Waals surface area contributed by atoms with Gasteiger partial charge in [-0.1, -0.05) is 18.2 Å². The van der Waals surface area contributed by atoms with Gasteiger partial charge < -0.3 is 48.1 Å². The Morgan fingerprint density at radius 2 is 1.43 bits per heavy atom. The minimum absolute atomic E-state index is 0.0362. The molecule has 17 nitrogen and oxygen atoms in total. The first kappa shape index (κ1) is 35.6. The van der Waals surface area contributed by atoms with Crippen LogP contribution >= 0.6 is 0 Å². The average molecular weight is 666 g/mol. The fourth-order valence-corrected chi connectivity index (χ4v) is 5.61.